The van der Waals surface area contributed by atoms with Crippen LogP contribution in [0.25, 0.3) is 10.6 Å². The lowest BCUT2D eigenvalue weighted by molar-refractivity contribution is 0.572. The van der Waals surface area contributed by atoms with Crippen molar-refractivity contribution in [3.8, 4) is 10.6 Å². The number of piperidine rings is 1. The number of hydrogen-bond acceptors (Lipinski definition) is 7. The first kappa shape index (κ1) is 18.9. The van der Waals surface area contributed by atoms with E-state index in [1.54, 1.807) is 42.5 Å². The number of thiazole rings is 1. The van der Waals surface area contributed by atoms with Gasteiger partial charge in [-0.2, -0.15) is 0 Å². The van der Waals surface area contributed by atoms with E-state index in [0.717, 1.165) is 36.5 Å². The fourth-order valence-corrected chi connectivity index (χ4v) is 5.55. The Kier molecular flexibility index (Phi) is 5.07. The Morgan fingerprint density at radius 2 is 1.71 bits per heavy atom. The molecule has 1 fully saturated rings. The molecular formula is C20H22N4O2S2. The smallest absolute Gasteiger partial charge is 0.206 e. The predicted octanol–water partition coefficient (Wildman–Crippen LogP) is 3.92. The van der Waals surface area contributed by atoms with Crippen LogP contribution < -0.4 is 10.6 Å². The quantitative estimate of drug-likeness (QED) is 0.696. The average Bonchev–Trinajstić information content (AvgIpc) is 3.07. The van der Waals surface area contributed by atoms with E-state index in [9.17, 15) is 8.42 Å². The van der Waals surface area contributed by atoms with E-state index in [-0.39, 0.29) is 9.79 Å². The number of aromatic nitrogens is 2. The summed E-state index contributed by atoms with van der Waals surface area (Å²) in [5, 5.41) is 0.449. The third-order valence-corrected chi connectivity index (χ3v) is 7.63. The van der Waals surface area contributed by atoms with Crippen molar-refractivity contribution in [1.82, 2.24) is 9.97 Å². The minimum absolute atomic E-state index is 0.246. The van der Waals surface area contributed by atoms with Crippen LogP contribution in [0.2, 0.25) is 0 Å². The number of rotatable bonds is 4. The number of sulfone groups is 1. The Bertz CT molecular complexity index is 1090. The lowest BCUT2D eigenvalue weighted by atomic mass is 10.1. The first-order chi connectivity index (χ1) is 13.4. The van der Waals surface area contributed by atoms with Gasteiger partial charge in [0.05, 0.1) is 26.1 Å². The van der Waals surface area contributed by atoms with Crippen LogP contribution in [0, 0.1) is 6.92 Å². The van der Waals surface area contributed by atoms with Gasteiger partial charge in [-0.3, -0.25) is 0 Å². The maximum absolute atomic E-state index is 13.3. The molecule has 3 aromatic rings. The molecule has 146 valence electrons. The topological polar surface area (TPSA) is 89.2 Å². The largest absolute Gasteiger partial charge is 0.375 e. The van der Waals surface area contributed by atoms with Crippen molar-refractivity contribution in [3.05, 3.63) is 48.2 Å². The molecule has 2 N–H and O–H groups in total. The van der Waals surface area contributed by atoms with Crippen LogP contribution in [0.3, 0.4) is 0 Å². The summed E-state index contributed by atoms with van der Waals surface area (Å²) in [6.45, 7) is 3.62. The van der Waals surface area contributed by atoms with Crippen molar-refractivity contribution in [2.24, 2.45) is 0 Å². The summed E-state index contributed by atoms with van der Waals surface area (Å²) >= 11 is 1.33. The van der Waals surface area contributed by atoms with Crippen LogP contribution in [-0.2, 0) is 9.84 Å². The molecule has 1 aliphatic rings. The Hall–Kier alpha value is -2.45. The summed E-state index contributed by atoms with van der Waals surface area (Å²) in [6.07, 6.45) is 3.36. The molecule has 0 atom stereocenters. The summed E-state index contributed by atoms with van der Waals surface area (Å²) in [5.41, 5.74) is 7.22. The van der Waals surface area contributed by atoms with E-state index in [4.69, 9.17) is 10.7 Å². The van der Waals surface area contributed by atoms with Crippen molar-refractivity contribution in [2.45, 2.75) is 36.0 Å². The lowest BCUT2D eigenvalue weighted by Gasteiger charge is -2.28. The van der Waals surface area contributed by atoms with Gasteiger partial charge in [0.1, 0.15) is 5.82 Å². The number of nitrogens with zero attached hydrogens (tertiary/aromatic N) is 3. The number of nitrogens with two attached hydrogens (primary N) is 1. The molecule has 6 nitrogen and oxygen atoms in total. The number of nitrogen functional groups attached to an aromatic ring is 1. The van der Waals surface area contributed by atoms with Crippen LogP contribution in [0.5, 0.6) is 0 Å². The number of aryl methyl sites for hydroxylation is 1. The summed E-state index contributed by atoms with van der Waals surface area (Å²) in [4.78, 5) is 12.5. The van der Waals surface area contributed by atoms with E-state index in [1.165, 1.54) is 17.8 Å². The number of benzene rings is 1. The average molecular weight is 415 g/mol. The zero-order valence-corrected chi connectivity index (χ0v) is 17.3. The van der Waals surface area contributed by atoms with E-state index in [2.05, 4.69) is 9.88 Å². The standard InChI is InChI=1S/C20H22N4O2S2/c1-14-19(27-20(21)22-14)17-12-16(28(25,26)15-8-4-2-5-9-15)13-18(23-17)24-10-6-3-7-11-24/h2,4-5,8-9,12-13H,3,6-7,10-11H2,1H3,(H2,21,22). The van der Waals surface area contributed by atoms with Gasteiger partial charge in [0.25, 0.3) is 0 Å². The molecule has 0 unspecified atom stereocenters. The highest BCUT2D eigenvalue weighted by Gasteiger charge is 2.23. The van der Waals surface area contributed by atoms with E-state index in [0.29, 0.717) is 16.6 Å². The second kappa shape index (κ2) is 7.52. The summed E-state index contributed by atoms with van der Waals surface area (Å²) in [7, 11) is -3.65. The van der Waals surface area contributed by atoms with Crippen molar-refractivity contribution in [3.63, 3.8) is 0 Å². The van der Waals surface area contributed by atoms with Gasteiger partial charge < -0.3 is 10.6 Å². The molecule has 2 aromatic heterocycles. The summed E-state index contributed by atoms with van der Waals surface area (Å²) < 4.78 is 26.5. The molecule has 0 aliphatic carbocycles. The van der Waals surface area contributed by atoms with Crippen molar-refractivity contribution in [2.75, 3.05) is 23.7 Å². The normalized spacial score (nSPS) is 15.0. The van der Waals surface area contributed by atoms with Gasteiger partial charge >= 0.3 is 0 Å². The van der Waals surface area contributed by atoms with E-state index in [1.807, 2.05) is 6.92 Å². The molecule has 0 saturated carbocycles. The van der Waals surface area contributed by atoms with Gasteiger partial charge in [-0.25, -0.2) is 18.4 Å². The Morgan fingerprint density at radius 3 is 2.36 bits per heavy atom. The second-order valence-electron chi connectivity index (χ2n) is 6.88. The predicted molar refractivity (Wildman–Crippen MR) is 112 cm³/mol. The minimum atomic E-state index is -3.65. The minimum Gasteiger partial charge on any atom is -0.375 e. The number of hydrogen-bond donors (Lipinski definition) is 1. The zero-order chi connectivity index (χ0) is 19.7. The third-order valence-electron chi connectivity index (χ3n) is 4.87. The van der Waals surface area contributed by atoms with Gasteiger partial charge in [0.15, 0.2) is 5.13 Å². The molecule has 3 heterocycles. The van der Waals surface area contributed by atoms with E-state index < -0.39 is 9.84 Å². The second-order valence-corrected chi connectivity index (χ2v) is 9.86. The monoisotopic (exact) mass is 414 g/mol. The lowest BCUT2D eigenvalue weighted by Crippen LogP contribution is -2.30. The molecule has 0 amide bonds. The molecule has 0 radical (unpaired) electrons. The van der Waals surface area contributed by atoms with Gasteiger partial charge in [0.2, 0.25) is 9.84 Å². The highest BCUT2D eigenvalue weighted by Crippen LogP contribution is 2.35. The van der Waals surface area contributed by atoms with Gasteiger partial charge in [-0.1, -0.05) is 29.5 Å². The Morgan fingerprint density at radius 1 is 1.00 bits per heavy atom. The summed E-state index contributed by atoms with van der Waals surface area (Å²) in [6, 6.07) is 11.8. The molecule has 1 saturated heterocycles. The highest BCUT2D eigenvalue weighted by molar-refractivity contribution is 7.91. The molecular weight excluding hydrogens is 392 g/mol. The molecule has 8 heteroatoms. The van der Waals surface area contributed by atoms with Gasteiger partial charge in [0, 0.05) is 13.1 Å². The van der Waals surface area contributed by atoms with Crippen molar-refractivity contribution >= 4 is 32.1 Å². The first-order valence-electron chi connectivity index (χ1n) is 9.25. The fourth-order valence-electron chi connectivity index (χ4n) is 3.44. The van der Waals surface area contributed by atoms with Gasteiger partial charge in [-0.05, 0) is 50.5 Å². The molecule has 0 bridgehead atoms. The Labute approximate surface area is 169 Å². The molecule has 1 aliphatic heterocycles. The Balaban J connectivity index is 1.88. The zero-order valence-electron chi connectivity index (χ0n) is 15.6. The SMILES string of the molecule is Cc1nc(N)sc1-c1cc(S(=O)(=O)c2ccccc2)cc(N2CCCCC2)n1. The number of anilines is 2. The van der Waals surface area contributed by atoms with Crippen LogP contribution in [0.4, 0.5) is 10.9 Å². The van der Waals surface area contributed by atoms with Crippen molar-refractivity contribution < 1.29 is 8.42 Å². The molecule has 0 spiro atoms. The van der Waals surface area contributed by atoms with Crippen LogP contribution in [-0.4, -0.2) is 31.5 Å². The van der Waals surface area contributed by atoms with E-state index >= 15 is 0 Å². The number of pyridine rings is 1. The third kappa shape index (κ3) is 3.62. The van der Waals surface area contributed by atoms with Crippen LogP contribution in [0.1, 0.15) is 25.0 Å². The highest BCUT2D eigenvalue weighted by atomic mass is 32.2. The first-order valence-corrected chi connectivity index (χ1v) is 11.6. The molecule has 4 rings (SSSR count). The van der Waals surface area contributed by atoms with Crippen LogP contribution >= 0.6 is 11.3 Å². The fraction of sp³-hybridized carbons (Fsp3) is 0.300. The van der Waals surface area contributed by atoms with Gasteiger partial charge in [-0.15, -0.1) is 0 Å². The summed E-state index contributed by atoms with van der Waals surface area (Å²) in [5.74, 6) is 0.693. The maximum atomic E-state index is 13.3. The molecule has 28 heavy (non-hydrogen) atoms. The molecule has 1 aromatic carbocycles. The van der Waals surface area contributed by atoms with Crippen molar-refractivity contribution in [1.29, 1.82) is 0 Å². The maximum Gasteiger partial charge on any atom is 0.206 e. The van der Waals surface area contributed by atoms with Crippen LogP contribution in [0.15, 0.2) is 52.3 Å².